The predicted octanol–water partition coefficient (Wildman–Crippen LogP) is 4.79. The van der Waals surface area contributed by atoms with Gasteiger partial charge in [-0.3, -0.25) is 0 Å². The summed E-state index contributed by atoms with van der Waals surface area (Å²) in [7, 11) is 0. The highest BCUT2D eigenvalue weighted by Gasteiger charge is 2.06. The fraction of sp³-hybridized carbons (Fsp3) is 0.333. The number of unbranched alkanes of at least 4 members (excludes halogenated alkanes) is 2. The largest absolute Gasteiger partial charge is 0.367 e. The third kappa shape index (κ3) is 4.93. The van der Waals surface area contributed by atoms with Crippen LogP contribution in [0.15, 0.2) is 60.7 Å². The lowest BCUT2D eigenvalue weighted by atomic mass is 10.1. The lowest BCUT2D eigenvalue weighted by Gasteiger charge is -2.25. The monoisotopic (exact) mass is 285 g/mol. The van der Waals surface area contributed by atoms with Crippen molar-refractivity contribution in [3.63, 3.8) is 0 Å². The van der Waals surface area contributed by atoms with Crippen LogP contribution in [0.25, 0.3) is 0 Å². The molecule has 0 unspecified atom stereocenters. The van der Waals surface area contributed by atoms with Crippen molar-refractivity contribution in [3.05, 3.63) is 66.2 Å². The van der Waals surface area contributed by atoms with Gasteiger partial charge in [0.2, 0.25) is 0 Å². The summed E-state index contributed by atoms with van der Waals surface area (Å²) in [5, 5.41) is 0. The molecule has 0 aliphatic carbocycles. The van der Waals surface area contributed by atoms with Gasteiger partial charge in [0.1, 0.15) is 0 Å². The van der Waals surface area contributed by atoms with Crippen molar-refractivity contribution in [2.45, 2.75) is 25.8 Å². The lowest BCUT2D eigenvalue weighted by molar-refractivity contribution is 0.678. The predicted molar refractivity (Wildman–Crippen MR) is 91.6 cm³/mol. The van der Waals surface area contributed by atoms with Gasteiger partial charge in [-0.2, -0.15) is 12.6 Å². The van der Waals surface area contributed by atoms with Crippen LogP contribution in [0.1, 0.15) is 24.8 Å². The molecule has 0 N–H and O–H groups in total. The van der Waals surface area contributed by atoms with E-state index in [1.54, 1.807) is 0 Å². The Morgan fingerprint density at radius 2 is 1.40 bits per heavy atom. The highest BCUT2D eigenvalue weighted by Crippen LogP contribution is 2.17. The first-order valence-electron chi connectivity index (χ1n) is 7.35. The number of anilines is 1. The van der Waals surface area contributed by atoms with Crippen molar-refractivity contribution >= 4 is 18.3 Å². The summed E-state index contributed by atoms with van der Waals surface area (Å²) < 4.78 is 0. The molecule has 2 aromatic carbocycles. The first-order chi connectivity index (χ1) is 9.90. The molecule has 2 heteroatoms. The van der Waals surface area contributed by atoms with Crippen molar-refractivity contribution in [1.29, 1.82) is 0 Å². The molecular weight excluding hydrogens is 262 g/mol. The van der Waals surface area contributed by atoms with Gasteiger partial charge in [-0.05, 0) is 36.3 Å². The molecule has 0 amide bonds. The molecule has 2 rings (SSSR count). The van der Waals surface area contributed by atoms with Gasteiger partial charge in [-0.1, -0.05) is 55.0 Å². The molecule has 0 radical (unpaired) electrons. The van der Waals surface area contributed by atoms with E-state index in [4.69, 9.17) is 0 Å². The smallest absolute Gasteiger partial charge is 0.0429 e. The zero-order valence-corrected chi connectivity index (χ0v) is 12.8. The Labute approximate surface area is 128 Å². The zero-order valence-electron chi connectivity index (χ0n) is 11.9. The molecule has 0 heterocycles. The Hall–Kier alpha value is -1.41. The Bertz CT molecular complexity index is 469. The van der Waals surface area contributed by atoms with E-state index < -0.39 is 0 Å². The standard InChI is InChI=1S/C18H23NS/c20-15-9-3-8-14-19(18-12-6-2-7-13-18)16-17-10-4-1-5-11-17/h1-2,4-7,10-13,20H,3,8-9,14-16H2. The normalized spacial score (nSPS) is 10.4. The molecule has 0 atom stereocenters. The number of hydrogen-bond donors (Lipinski definition) is 1. The second kappa shape index (κ2) is 8.70. The fourth-order valence-electron chi connectivity index (χ4n) is 2.33. The first kappa shape index (κ1) is 15.0. The van der Waals surface area contributed by atoms with Crippen LogP contribution in [0.2, 0.25) is 0 Å². The minimum Gasteiger partial charge on any atom is -0.367 e. The van der Waals surface area contributed by atoms with Crippen LogP contribution in [0.4, 0.5) is 5.69 Å². The van der Waals surface area contributed by atoms with Crippen LogP contribution in [-0.4, -0.2) is 12.3 Å². The van der Waals surface area contributed by atoms with Gasteiger partial charge in [0, 0.05) is 18.8 Å². The molecule has 0 saturated heterocycles. The number of benzene rings is 2. The van der Waals surface area contributed by atoms with E-state index in [9.17, 15) is 0 Å². The van der Waals surface area contributed by atoms with E-state index in [0.29, 0.717) is 0 Å². The zero-order chi connectivity index (χ0) is 14.0. The van der Waals surface area contributed by atoms with Gasteiger partial charge in [-0.15, -0.1) is 0 Å². The number of thiol groups is 1. The van der Waals surface area contributed by atoms with Crippen LogP contribution >= 0.6 is 12.6 Å². The summed E-state index contributed by atoms with van der Waals surface area (Å²) >= 11 is 4.28. The summed E-state index contributed by atoms with van der Waals surface area (Å²) in [4.78, 5) is 2.47. The maximum absolute atomic E-state index is 4.28. The molecule has 0 aliphatic heterocycles. The number of rotatable bonds is 8. The van der Waals surface area contributed by atoms with Gasteiger partial charge in [0.15, 0.2) is 0 Å². The van der Waals surface area contributed by atoms with Crippen molar-refractivity contribution in [2.75, 3.05) is 17.2 Å². The van der Waals surface area contributed by atoms with Crippen LogP contribution in [-0.2, 0) is 6.54 Å². The second-order valence-electron chi connectivity index (χ2n) is 5.03. The maximum Gasteiger partial charge on any atom is 0.0429 e. The van der Waals surface area contributed by atoms with Gasteiger partial charge in [0.25, 0.3) is 0 Å². The van der Waals surface area contributed by atoms with E-state index in [2.05, 4.69) is 78.2 Å². The van der Waals surface area contributed by atoms with Crippen LogP contribution in [0.5, 0.6) is 0 Å². The molecule has 0 aliphatic rings. The van der Waals surface area contributed by atoms with Crippen LogP contribution in [0.3, 0.4) is 0 Å². The molecule has 20 heavy (non-hydrogen) atoms. The van der Waals surface area contributed by atoms with Gasteiger partial charge < -0.3 is 4.90 Å². The Morgan fingerprint density at radius 1 is 0.750 bits per heavy atom. The van der Waals surface area contributed by atoms with E-state index in [0.717, 1.165) is 18.8 Å². The third-order valence-electron chi connectivity index (χ3n) is 3.42. The van der Waals surface area contributed by atoms with E-state index in [1.807, 2.05) is 0 Å². The molecular formula is C18H23NS. The molecule has 0 aromatic heterocycles. The summed E-state index contributed by atoms with van der Waals surface area (Å²) in [6.45, 7) is 2.08. The third-order valence-corrected chi connectivity index (χ3v) is 3.74. The Morgan fingerprint density at radius 3 is 2.05 bits per heavy atom. The number of nitrogens with zero attached hydrogens (tertiary/aromatic N) is 1. The summed E-state index contributed by atoms with van der Waals surface area (Å²) in [6.07, 6.45) is 3.68. The van der Waals surface area contributed by atoms with Gasteiger partial charge in [-0.25, -0.2) is 0 Å². The van der Waals surface area contributed by atoms with Crippen molar-refractivity contribution in [3.8, 4) is 0 Å². The summed E-state index contributed by atoms with van der Waals surface area (Å²) in [6, 6.07) is 21.4. The molecule has 0 saturated carbocycles. The Balaban J connectivity index is 2.00. The van der Waals surface area contributed by atoms with Gasteiger partial charge >= 0.3 is 0 Å². The van der Waals surface area contributed by atoms with Crippen molar-refractivity contribution in [2.24, 2.45) is 0 Å². The molecule has 106 valence electrons. The topological polar surface area (TPSA) is 3.24 Å². The van der Waals surface area contributed by atoms with Crippen LogP contribution < -0.4 is 4.90 Å². The highest BCUT2D eigenvalue weighted by atomic mass is 32.1. The molecule has 2 aromatic rings. The average molecular weight is 285 g/mol. The maximum atomic E-state index is 4.28. The van der Waals surface area contributed by atoms with E-state index in [1.165, 1.54) is 30.5 Å². The summed E-state index contributed by atoms with van der Waals surface area (Å²) in [5.41, 5.74) is 2.67. The number of para-hydroxylation sites is 1. The molecule has 0 bridgehead atoms. The minimum atomic E-state index is 0.978. The lowest BCUT2D eigenvalue weighted by Crippen LogP contribution is -2.23. The quantitative estimate of drug-likeness (QED) is 0.539. The summed E-state index contributed by atoms with van der Waals surface area (Å²) in [5.74, 6) is 0.990. The van der Waals surface area contributed by atoms with E-state index >= 15 is 0 Å². The van der Waals surface area contributed by atoms with Crippen molar-refractivity contribution in [1.82, 2.24) is 0 Å². The van der Waals surface area contributed by atoms with E-state index in [-0.39, 0.29) is 0 Å². The molecule has 0 spiro atoms. The SMILES string of the molecule is SCCCCCN(Cc1ccccc1)c1ccccc1. The second-order valence-corrected chi connectivity index (χ2v) is 5.47. The minimum absolute atomic E-state index is 0.978. The number of hydrogen-bond acceptors (Lipinski definition) is 2. The fourth-order valence-corrected chi connectivity index (χ4v) is 2.56. The molecule has 0 fully saturated rings. The van der Waals surface area contributed by atoms with Crippen molar-refractivity contribution < 1.29 is 0 Å². The highest BCUT2D eigenvalue weighted by molar-refractivity contribution is 7.80. The Kier molecular flexibility index (Phi) is 6.52. The van der Waals surface area contributed by atoms with Gasteiger partial charge in [0.05, 0.1) is 0 Å². The average Bonchev–Trinajstić information content (AvgIpc) is 2.52. The molecule has 1 nitrogen and oxygen atoms in total. The first-order valence-corrected chi connectivity index (χ1v) is 7.98. The van der Waals surface area contributed by atoms with Crippen LogP contribution in [0, 0.1) is 0 Å².